The number of ether oxygens (including phenoxy) is 1. The molecule has 0 aliphatic heterocycles. The van der Waals surface area contributed by atoms with Gasteiger partial charge < -0.3 is 20.3 Å². The van der Waals surface area contributed by atoms with Crippen LogP contribution in [0, 0.1) is 5.82 Å². The third-order valence-electron chi connectivity index (χ3n) is 3.01. The van der Waals surface area contributed by atoms with Crippen molar-refractivity contribution in [1.82, 2.24) is 0 Å². The van der Waals surface area contributed by atoms with Crippen molar-refractivity contribution in [2.24, 2.45) is 0 Å². The minimum Gasteiger partial charge on any atom is -0.508 e. The lowest BCUT2D eigenvalue weighted by molar-refractivity contribution is 0.373. The molecule has 20 heavy (non-hydrogen) atoms. The molecule has 1 atom stereocenters. The molecule has 0 aliphatic rings. The van der Waals surface area contributed by atoms with Crippen LogP contribution >= 0.6 is 0 Å². The summed E-state index contributed by atoms with van der Waals surface area (Å²) in [5.41, 5.74) is 1.07. The largest absolute Gasteiger partial charge is 0.508 e. The Kier molecular flexibility index (Phi) is 3.98. The molecule has 0 bridgehead atoms. The number of methoxy groups -OCH3 is 1. The van der Waals surface area contributed by atoms with Gasteiger partial charge in [0.05, 0.1) is 13.2 Å². The maximum absolute atomic E-state index is 13.7. The minimum atomic E-state index is -0.484. The smallest absolute Gasteiger partial charge is 0.160 e. The number of halogens is 1. The summed E-state index contributed by atoms with van der Waals surface area (Å²) in [4.78, 5) is 0. The third kappa shape index (κ3) is 2.93. The van der Waals surface area contributed by atoms with Crippen LogP contribution in [0.1, 0.15) is 18.5 Å². The summed E-state index contributed by atoms with van der Waals surface area (Å²) >= 11 is 0. The van der Waals surface area contributed by atoms with Gasteiger partial charge in [0.15, 0.2) is 11.5 Å². The van der Waals surface area contributed by atoms with E-state index in [4.69, 9.17) is 4.74 Å². The molecule has 0 aromatic heterocycles. The summed E-state index contributed by atoms with van der Waals surface area (Å²) in [6.07, 6.45) is 0. The summed E-state index contributed by atoms with van der Waals surface area (Å²) in [7, 11) is 1.47. The molecular formula is C15H16FNO3. The molecule has 0 amide bonds. The number of rotatable bonds is 4. The van der Waals surface area contributed by atoms with Crippen LogP contribution in [0.3, 0.4) is 0 Å². The number of aromatic hydroxyl groups is 2. The van der Waals surface area contributed by atoms with Gasteiger partial charge in [-0.1, -0.05) is 6.07 Å². The lowest BCUT2D eigenvalue weighted by Crippen LogP contribution is -2.08. The number of anilines is 1. The molecular weight excluding hydrogens is 261 g/mol. The van der Waals surface area contributed by atoms with Crippen LogP contribution in [0.4, 0.5) is 10.1 Å². The van der Waals surface area contributed by atoms with Crippen molar-refractivity contribution >= 4 is 5.69 Å². The maximum atomic E-state index is 13.7. The number of phenols is 2. The molecule has 2 aromatic carbocycles. The molecule has 0 heterocycles. The van der Waals surface area contributed by atoms with Crippen molar-refractivity contribution in [3.63, 3.8) is 0 Å². The summed E-state index contributed by atoms with van der Waals surface area (Å²) in [5, 5.41) is 22.0. The van der Waals surface area contributed by atoms with Crippen molar-refractivity contribution < 1.29 is 19.3 Å². The molecule has 2 rings (SSSR count). The van der Waals surface area contributed by atoms with E-state index in [9.17, 15) is 14.6 Å². The van der Waals surface area contributed by atoms with Crippen molar-refractivity contribution in [3.05, 3.63) is 47.8 Å². The average Bonchev–Trinajstić information content (AvgIpc) is 2.38. The Balaban J connectivity index is 2.18. The fourth-order valence-electron chi connectivity index (χ4n) is 1.97. The van der Waals surface area contributed by atoms with Gasteiger partial charge in [0.1, 0.15) is 11.6 Å². The average molecular weight is 277 g/mol. The zero-order valence-corrected chi connectivity index (χ0v) is 11.2. The fourth-order valence-corrected chi connectivity index (χ4v) is 1.97. The summed E-state index contributed by atoms with van der Waals surface area (Å²) in [6.45, 7) is 1.79. The lowest BCUT2D eigenvalue weighted by atomic mass is 10.1. The Labute approximate surface area is 116 Å². The van der Waals surface area contributed by atoms with E-state index in [0.29, 0.717) is 17.0 Å². The van der Waals surface area contributed by atoms with Crippen LogP contribution in [0.15, 0.2) is 36.4 Å². The number of nitrogens with one attached hydrogen (secondary N) is 1. The summed E-state index contributed by atoms with van der Waals surface area (Å²) < 4.78 is 18.7. The molecule has 3 N–H and O–H groups in total. The highest BCUT2D eigenvalue weighted by Crippen LogP contribution is 2.31. The molecule has 106 valence electrons. The molecule has 0 spiro atoms. The zero-order valence-electron chi connectivity index (χ0n) is 11.2. The van der Waals surface area contributed by atoms with E-state index < -0.39 is 5.82 Å². The molecule has 0 aliphatic carbocycles. The SMILES string of the molecule is COc1ccc(NC(C)c2ccc(O)cc2F)cc1O. The highest BCUT2D eigenvalue weighted by Gasteiger charge is 2.12. The van der Waals surface area contributed by atoms with Crippen LogP contribution in [0.5, 0.6) is 17.2 Å². The van der Waals surface area contributed by atoms with Crippen LogP contribution < -0.4 is 10.1 Å². The third-order valence-corrected chi connectivity index (χ3v) is 3.01. The van der Waals surface area contributed by atoms with Crippen molar-refractivity contribution in [2.75, 3.05) is 12.4 Å². The maximum Gasteiger partial charge on any atom is 0.160 e. The van der Waals surface area contributed by atoms with E-state index in [-0.39, 0.29) is 17.5 Å². The second-order valence-corrected chi connectivity index (χ2v) is 4.46. The van der Waals surface area contributed by atoms with Gasteiger partial charge in [-0.3, -0.25) is 0 Å². The molecule has 5 heteroatoms. The van der Waals surface area contributed by atoms with E-state index in [1.807, 2.05) is 0 Å². The van der Waals surface area contributed by atoms with Gasteiger partial charge in [-0.2, -0.15) is 0 Å². The predicted molar refractivity (Wildman–Crippen MR) is 74.8 cm³/mol. The molecule has 4 nitrogen and oxygen atoms in total. The van der Waals surface area contributed by atoms with Gasteiger partial charge in [-0.15, -0.1) is 0 Å². The first-order valence-corrected chi connectivity index (χ1v) is 6.13. The lowest BCUT2D eigenvalue weighted by Gasteiger charge is -2.17. The van der Waals surface area contributed by atoms with Crippen LogP contribution in [0.2, 0.25) is 0 Å². The van der Waals surface area contributed by atoms with E-state index in [1.54, 1.807) is 19.1 Å². The standard InChI is InChI=1S/C15H16FNO3/c1-9(12-5-4-11(18)8-13(12)16)17-10-3-6-15(20-2)14(19)7-10/h3-9,17-19H,1-2H3. The molecule has 0 saturated carbocycles. The van der Waals surface area contributed by atoms with Gasteiger partial charge in [-0.05, 0) is 25.1 Å². The van der Waals surface area contributed by atoms with Crippen LogP contribution in [-0.4, -0.2) is 17.3 Å². The first-order chi connectivity index (χ1) is 9.51. The topological polar surface area (TPSA) is 61.7 Å². The normalized spacial score (nSPS) is 11.9. The Hall–Kier alpha value is -2.43. The van der Waals surface area contributed by atoms with Gasteiger partial charge >= 0.3 is 0 Å². The predicted octanol–water partition coefficient (Wildman–Crippen LogP) is 3.42. The second-order valence-electron chi connectivity index (χ2n) is 4.46. The summed E-state index contributed by atoms with van der Waals surface area (Å²) in [6, 6.07) is 8.56. The van der Waals surface area contributed by atoms with Gasteiger partial charge in [0.25, 0.3) is 0 Å². The van der Waals surface area contributed by atoms with Crippen molar-refractivity contribution in [1.29, 1.82) is 0 Å². The Morgan fingerprint density at radius 1 is 1.15 bits per heavy atom. The molecule has 0 fully saturated rings. The number of hydrogen-bond acceptors (Lipinski definition) is 4. The quantitative estimate of drug-likeness (QED) is 0.801. The Bertz CT molecular complexity index is 616. The molecule has 0 radical (unpaired) electrons. The first-order valence-electron chi connectivity index (χ1n) is 6.13. The Morgan fingerprint density at radius 2 is 1.90 bits per heavy atom. The van der Waals surface area contributed by atoms with E-state index in [0.717, 1.165) is 6.07 Å². The Morgan fingerprint density at radius 3 is 2.50 bits per heavy atom. The second kappa shape index (κ2) is 5.69. The van der Waals surface area contributed by atoms with E-state index in [2.05, 4.69) is 5.32 Å². The first kappa shape index (κ1) is 14.0. The fraction of sp³-hybridized carbons (Fsp3) is 0.200. The van der Waals surface area contributed by atoms with Crippen LogP contribution in [-0.2, 0) is 0 Å². The van der Waals surface area contributed by atoms with Gasteiger partial charge in [0.2, 0.25) is 0 Å². The van der Waals surface area contributed by atoms with Crippen molar-refractivity contribution in [3.8, 4) is 17.2 Å². The molecule has 1 unspecified atom stereocenters. The van der Waals surface area contributed by atoms with Gasteiger partial charge in [-0.25, -0.2) is 4.39 Å². The minimum absolute atomic E-state index is 0.0101. The van der Waals surface area contributed by atoms with Crippen molar-refractivity contribution in [2.45, 2.75) is 13.0 Å². The molecule has 2 aromatic rings. The highest BCUT2D eigenvalue weighted by atomic mass is 19.1. The number of hydrogen-bond donors (Lipinski definition) is 3. The van der Waals surface area contributed by atoms with Gasteiger partial charge in [0, 0.05) is 23.4 Å². The zero-order chi connectivity index (χ0) is 14.7. The monoisotopic (exact) mass is 277 g/mol. The van der Waals surface area contributed by atoms with E-state index in [1.165, 1.54) is 25.3 Å². The van der Waals surface area contributed by atoms with E-state index >= 15 is 0 Å². The highest BCUT2D eigenvalue weighted by molar-refractivity contribution is 5.55. The number of benzene rings is 2. The summed E-state index contributed by atoms with van der Waals surface area (Å²) in [5.74, 6) is -0.210. The van der Waals surface area contributed by atoms with Crippen LogP contribution in [0.25, 0.3) is 0 Å². The number of phenolic OH excluding ortho intramolecular Hbond substituents is 2. The molecule has 0 saturated heterocycles.